The third kappa shape index (κ3) is 4.68. The molecule has 0 amide bonds. The Morgan fingerprint density at radius 3 is 2.50 bits per heavy atom. The van der Waals surface area contributed by atoms with Gasteiger partial charge in [-0.1, -0.05) is 45.4 Å². The summed E-state index contributed by atoms with van der Waals surface area (Å²) < 4.78 is 0. The van der Waals surface area contributed by atoms with Gasteiger partial charge in [-0.15, -0.1) is 0 Å². The largest absolute Gasteiger partial charge is 0.371 e. The number of hydrogen-bond acceptors (Lipinski definition) is 2. The van der Waals surface area contributed by atoms with Gasteiger partial charge in [0, 0.05) is 30.3 Å². The van der Waals surface area contributed by atoms with Gasteiger partial charge in [-0.3, -0.25) is 0 Å². The van der Waals surface area contributed by atoms with Gasteiger partial charge in [0.2, 0.25) is 0 Å². The number of rotatable bonds is 6. The van der Waals surface area contributed by atoms with Gasteiger partial charge in [0.05, 0.1) is 0 Å². The van der Waals surface area contributed by atoms with Crippen molar-refractivity contribution in [2.45, 2.75) is 53.6 Å². The second-order valence-corrected chi connectivity index (χ2v) is 7.04. The van der Waals surface area contributed by atoms with E-state index in [9.17, 15) is 0 Å². The Kier molecular flexibility index (Phi) is 6.35. The van der Waals surface area contributed by atoms with Crippen molar-refractivity contribution in [3.63, 3.8) is 0 Å². The summed E-state index contributed by atoms with van der Waals surface area (Å²) in [5, 5.41) is 4.27. The van der Waals surface area contributed by atoms with Crippen molar-refractivity contribution >= 4 is 17.3 Å². The zero-order chi connectivity index (χ0) is 15.3. The van der Waals surface area contributed by atoms with Crippen molar-refractivity contribution in [1.82, 2.24) is 5.32 Å². The monoisotopic (exact) mass is 296 g/mol. The fourth-order valence-electron chi connectivity index (χ4n) is 2.20. The molecule has 0 heterocycles. The highest BCUT2D eigenvalue weighted by Crippen LogP contribution is 2.31. The zero-order valence-electron chi connectivity index (χ0n) is 13.8. The molecule has 1 atom stereocenters. The molecule has 0 radical (unpaired) electrons. The number of nitrogens with one attached hydrogen (secondary N) is 1. The molecule has 3 heteroatoms. The fourth-order valence-corrected chi connectivity index (χ4v) is 2.37. The lowest BCUT2D eigenvalue weighted by atomic mass is 9.86. The van der Waals surface area contributed by atoms with Crippen molar-refractivity contribution in [1.29, 1.82) is 0 Å². The van der Waals surface area contributed by atoms with Crippen molar-refractivity contribution < 1.29 is 0 Å². The second-order valence-electron chi connectivity index (χ2n) is 6.60. The Morgan fingerprint density at radius 1 is 1.30 bits per heavy atom. The molecule has 0 aliphatic rings. The zero-order valence-corrected chi connectivity index (χ0v) is 14.5. The van der Waals surface area contributed by atoms with Gasteiger partial charge in [0.25, 0.3) is 0 Å². The Hall–Kier alpha value is -0.730. The summed E-state index contributed by atoms with van der Waals surface area (Å²) in [6.45, 7) is 13.2. The first-order chi connectivity index (χ1) is 9.27. The van der Waals surface area contributed by atoms with Gasteiger partial charge in [-0.25, -0.2) is 0 Å². The molecule has 0 spiro atoms. The first kappa shape index (κ1) is 17.3. The molecular formula is C17H29ClN2. The van der Waals surface area contributed by atoms with Crippen LogP contribution in [0.25, 0.3) is 0 Å². The van der Waals surface area contributed by atoms with E-state index < -0.39 is 0 Å². The lowest BCUT2D eigenvalue weighted by molar-refractivity contribution is 0.329. The minimum atomic E-state index is 0.227. The van der Waals surface area contributed by atoms with E-state index >= 15 is 0 Å². The highest BCUT2D eigenvalue weighted by Gasteiger charge is 2.25. The maximum Gasteiger partial charge on any atom is 0.0426 e. The summed E-state index contributed by atoms with van der Waals surface area (Å²) in [5.74, 6) is 0. The van der Waals surface area contributed by atoms with Crippen LogP contribution in [0.3, 0.4) is 0 Å². The molecule has 1 aromatic rings. The molecule has 2 nitrogen and oxygen atoms in total. The van der Waals surface area contributed by atoms with Crippen LogP contribution in [-0.4, -0.2) is 19.6 Å². The van der Waals surface area contributed by atoms with Gasteiger partial charge < -0.3 is 10.2 Å². The van der Waals surface area contributed by atoms with E-state index in [1.54, 1.807) is 0 Å². The van der Waals surface area contributed by atoms with Crippen molar-refractivity contribution in [2.24, 2.45) is 5.41 Å². The van der Waals surface area contributed by atoms with Crippen molar-refractivity contribution in [3.8, 4) is 0 Å². The molecule has 0 bridgehead atoms. The van der Waals surface area contributed by atoms with Crippen molar-refractivity contribution in [2.75, 3.05) is 18.5 Å². The third-order valence-electron chi connectivity index (χ3n) is 4.00. The molecule has 20 heavy (non-hydrogen) atoms. The summed E-state index contributed by atoms with van der Waals surface area (Å²) in [7, 11) is 2.16. The SMILES string of the molecule is CCCNCc1ccc(Cl)cc1N(C)C(C)C(C)(C)C. The predicted molar refractivity (Wildman–Crippen MR) is 90.8 cm³/mol. The maximum absolute atomic E-state index is 6.19. The number of nitrogens with zero attached hydrogens (tertiary/aromatic N) is 1. The van der Waals surface area contributed by atoms with E-state index in [2.05, 4.69) is 64.0 Å². The Bertz CT molecular complexity index is 423. The number of anilines is 1. The van der Waals surface area contributed by atoms with Crippen LogP contribution in [-0.2, 0) is 6.54 Å². The highest BCUT2D eigenvalue weighted by atomic mass is 35.5. The van der Waals surface area contributed by atoms with Crippen LogP contribution in [0.5, 0.6) is 0 Å². The van der Waals surface area contributed by atoms with Crippen LogP contribution in [0.1, 0.15) is 46.6 Å². The molecule has 1 rings (SSSR count). The average Bonchev–Trinajstić information content (AvgIpc) is 2.38. The second kappa shape index (κ2) is 7.33. The van der Waals surface area contributed by atoms with Gasteiger partial charge in [-0.05, 0) is 43.0 Å². The minimum Gasteiger partial charge on any atom is -0.371 e. The highest BCUT2D eigenvalue weighted by molar-refractivity contribution is 6.30. The normalized spacial score (nSPS) is 13.3. The Balaban J connectivity index is 2.99. The summed E-state index contributed by atoms with van der Waals surface area (Å²) >= 11 is 6.19. The van der Waals surface area contributed by atoms with E-state index in [1.165, 1.54) is 11.3 Å². The lowest BCUT2D eigenvalue weighted by Crippen LogP contribution is -2.40. The predicted octanol–water partition coefficient (Wildman–Crippen LogP) is 4.71. The molecule has 0 aromatic heterocycles. The van der Waals surface area contributed by atoms with Crippen LogP contribution in [0.4, 0.5) is 5.69 Å². The topological polar surface area (TPSA) is 15.3 Å². The van der Waals surface area contributed by atoms with E-state index in [4.69, 9.17) is 11.6 Å². The molecule has 0 aliphatic carbocycles. The smallest absolute Gasteiger partial charge is 0.0426 e. The van der Waals surface area contributed by atoms with E-state index in [0.29, 0.717) is 6.04 Å². The number of hydrogen-bond donors (Lipinski definition) is 1. The van der Waals surface area contributed by atoms with E-state index in [-0.39, 0.29) is 5.41 Å². The molecule has 114 valence electrons. The Morgan fingerprint density at radius 2 is 1.95 bits per heavy atom. The van der Waals surface area contributed by atoms with Crippen LogP contribution in [0, 0.1) is 5.41 Å². The average molecular weight is 297 g/mol. The summed E-state index contributed by atoms with van der Waals surface area (Å²) in [6.07, 6.45) is 1.15. The molecule has 1 aromatic carbocycles. The van der Waals surface area contributed by atoms with Crippen LogP contribution in [0.15, 0.2) is 18.2 Å². The number of halogens is 1. The molecular weight excluding hydrogens is 268 g/mol. The minimum absolute atomic E-state index is 0.227. The molecule has 0 fully saturated rings. The van der Waals surface area contributed by atoms with E-state index in [1.807, 2.05) is 6.07 Å². The third-order valence-corrected chi connectivity index (χ3v) is 4.24. The molecule has 1 N–H and O–H groups in total. The van der Waals surface area contributed by atoms with Gasteiger partial charge >= 0.3 is 0 Å². The number of benzene rings is 1. The molecule has 0 saturated heterocycles. The van der Waals surface area contributed by atoms with Crippen LogP contribution >= 0.6 is 11.6 Å². The van der Waals surface area contributed by atoms with Crippen LogP contribution < -0.4 is 10.2 Å². The summed E-state index contributed by atoms with van der Waals surface area (Å²) in [4.78, 5) is 2.34. The van der Waals surface area contributed by atoms with Crippen molar-refractivity contribution in [3.05, 3.63) is 28.8 Å². The molecule has 1 unspecified atom stereocenters. The lowest BCUT2D eigenvalue weighted by Gasteiger charge is -2.38. The maximum atomic E-state index is 6.19. The molecule has 0 saturated carbocycles. The standard InChI is InChI=1S/C17H29ClN2/c1-7-10-19-12-14-8-9-15(18)11-16(14)20(6)13(2)17(3,4)5/h8-9,11,13,19H,7,10,12H2,1-6H3. The van der Waals surface area contributed by atoms with Gasteiger partial charge in [0.15, 0.2) is 0 Å². The fraction of sp³-hybridized carbons (Fsp3) is 0.647. The van der Waals surface area contributed by atoms with Gasteiger partial charge in [-0.2, -0.15) is 0 Å². The quantitative estimate of drug-likeness (QED) is 0.765. The van der Waals surface area contributed by atoms with E-state index in [0.717, 1.165) is 24.5 Å². The van der Waals surface area contributed by atoms with Gasteiger partial charge in [0.1, 0.15) is 0 Å². The summed E-state index contributed by atoms with van der Waals surface area (Å²) in [6, 6.07) is 6.62. The van der Waals surface area contributed by atoms with Crippen LogP contribution in [0.2, 0.25) is 5.02 Å². The molecule has 0 aliphatic heterocycles. The summed E-state index contributed by atoms with van der Waals surface area (Å²) in [5.41, 5.74) is 2.76. The Labute approximate surface area is 129 Å². The first-order valence-corrected chi connectivity index (χ1v) is 7.87. The first-order valence-electron chi connectivity index (χ1n) is 7.49.